The first-order valence-electron chi connectivity index (χ1n) is 16.1. The molecule has 0 unspecified atom stereocenters. The molecule has 0 aliphatic heterocycles. The fourth-order valence-corrected chi connectivity index (χ4v) is 6.10. The number of para-hydroxylation sites is 1. The quantitative estimate of drug-likeness (QED) is 0.182. The summed E-state index contributed by atoms with van der Waals surface area (Å²) in [6, 6.07) is 54.7. The lowest BCUT2D eigenvalue weighted by molar-refractivity contribution is 0.669. The van der Waals surface area contributed by atoms with Crippen molar-refractivity contribution >= 4 is 21.9 Å². The lowest BCUT2D eigenvalue weighted by Gasteiger charge is -2.11. The second kappa shape index (κ2) is 12.1. The number of aromatic nitrogens is 5. The molecule has 0 spiro atoms. The summed E-state index contributed by atoms with van der Waals surface area (Å²) in [4.78, 5) is 24.9. The number of furan rings is 1. The molecule has 9 rings (SSSR count). The maximum absolute atomic E-state index is 6.21. The van der Waals surface area contributed by atoms with Crippen molar-refractivity contribution in [1.29, 1.82) is 0 Å². The van der Waals surface area contributed by atoms with Crippen LogP contribution in [0, 0.1) is 0 Å². The Balaban J connectivity index is 1.18. The summed E-state index contributed by atoms with van der Waals surface area (Å²) in [6.07, 6.45) is 0. The van der Waals surface area contributed by atoms with Crippen molar-refractivity contribution < 1.29 is 4.42 Å². The van der Waals surface area contributed by atoms with Gasteiger partial charge >= 0.3 is 0 Å². The Morgan fingerprint density at radius 2 is 0.755 bits per heavy atom. The summed E-state index contributed by atoms with van der Waals surface area (Å²) in [5.41, 5.74) is 8.81. The van der Waals surface area contributed by atoms with Gasteiger partial charge in [-0.25, -0.2) is 24.9 Å². The highest BCUT2D eigenvalue weighted by atomic mass is 16.3. The zero-order valence-electron chi connectivity index (χ0n) is 26.2. The van der Waals surface area contributed by atoms with Gasteiger partial charge in [0, 0.05) is 44.2 Å². The largest absolute Gasteiger partial charge is 0.456 e. The summed E-state index contributed by atoms with van der Waals surface area (Å²) in [5.74, 6) is 2.39. The van der Waals surface area contributed by atoms with E-state index in [-0.39, 0.29) is 0 Å². The molecule has 6 heteroatoms. The highest BCUT2D eigenvalue weighted by Gasteiger charge is 2.16. The molecule has 0 atom stereocenters. The Morgan fingerprint density at radius 3 is 1.43 bits per heavy atom. The smallest absolute Gasteiger partial charge is 0.164 e. The highest BCUT2D eigenvalue weighted by molar-refractivity contribution is 6.05. The standard InChI is InChI=1S/C43H27N5O/c1-4-13-28(14-5-1)36-27-37(45-40(44-36)29-15-6-2-7-16-29)31-19-12-20-32(25-31)42-46-41(30-17-8-3-9-18-30)47-43(48-42)33-23-24-35-34-21-10-11-22-38(34)49-39(35)26-33/h1-27H. The molecule has 0 saturated carbocycles. The van der Waals surface area contributed by atoms with Crippen molar-refractivity contribution in [3.63, 3.8) is 0 Å². The highest BCUT2D eigenvalue weighted by Crippen LogP contribution is 2.34. The molecule has 49 heavy (non-hydrogen) atoms. The Kier molecular flexibility index (Phi) is 7.02. The van der Waals surface area contributed by atoms with Gasteiger partial charge in [-0.1, -0.05) is 133 Å². The summed E-state index contributed by atoms with van der Waals surface area (Å²) in [7, 11) is 0. The van der Waals surface area contributed by atoms with Gasteiger partial charge in [-0.05, 0) is 30.3 Å². The fourth-order valence-electron chi connectivity index (χ4n) is 6.10. The van der Waals surface area contributed by atoms with Crippen LogP contribution in [0.5, 0.6) is 0 Å². The van der Waals surface area contributed by atoms with E-state index in [0.717, 1.165) is 66.7 Å². The molecule has 9 aromatic rings. The number of rotatable bonds is 6. The van der Waals surface area contributed by atoms with Crippen molar-refractivity contribution in [2.24, 2.45) is 0 Å². The van der Waals surface area contributed by atoms with Gasteiger partial charge in [0.25, 0.3) is 0 Å². The average Bonchev–Trinajstić information content (AvgIpc) is 3.57. The van der Waals surface area contributed by atoms with Crippen LogP contribution in [0.4, 0.5) is 0 Å². The number of hydrogen-bond acceptors (Lipinski definition) is 6. The minimum atomic E-state index is 0.566. The average molecular weight is 630 g/mol. The molecule has 0 aliphatic rings. The zero-order chi connectivity index (χ0) is 32.6. The lowest BCUT2D eigenvalue weighted by Crippen LogP contribution is -2.00. The third-order valence-electron chi connectivity index (χ3n) is 8.55. The molecule has 3 heterocycles. The Labute approximate surface area is 282 Å². The van der Waals surface area contributed by atoms with Crippen LogP contribution < -0.4 is 0 Å². The number of hydrogen-bond donors (Lipinski definition) is 0. The predicted octanol–water partition coefficient (Wildman–Crippen LogP) is 10.6. The van der Waals surface area contributed by atoms with E-state index in [2.05, 4.69) is 36.4 Å². The van der Waals surface area contributed by atoms with E-state index in [0.29, 0.717) is 23.3 Å². The first-order valence-corrected chi connectivity index (χ1v) is 16.1. The van der Waals surface area contributed by atoms with Crippen LogP contribution in [0.15, 0.2) is 168 Å². The topological polar surface area (TPSA) is 77.6 Å². The molecular formula is C43H27N5O. The van der Waals surface area contributed by atoms with Crippen LogP contribution in [0.2, 0.25) is 0 Å². The monoisotopic (exact) mass is 629 g/mol. The second-order valence-corrected chi connectivity index (χ2v) is 11.8. The van der Waals surface area contributed by atoms with Crippen molar-refractivity contribution in [3.8, 4) is 68.1 Å². The first-order chi connectivity index (χ1) is 24.2. The fraction of sp³-hybridized carbons (Fsp3) is 0. The first kappa shape index (κ1) is 28.4. The van der Waals surface area contributed by atoms with Gasteiger partial charge in [-0.3, -0.25) is 0 Å². The normalized spacial score (nSPS) is 11.3. The maximum Gasteiger partial charge on any atom is 0.164 e. The van der Waals surface area contributed by atoms with Crippen LogP contribution in [-0.2, 0) is 0 Å². The van der Waals surface area contributed by atoms with Gasteiger partial charge in [0.05, 0.1) is 11.4 Å². The Morgan fingerprint density at radius 1 is 0.286 bits per heavy atom. The number of nitrogens with zero attached hydrogens (tertiary/aromatic N) is 5. The van der Waals surface area contributed by atoms with Gasteiger partial charge in [-0.15, -0.1) is 0 Å². The maximum atomic E-state index is 6.21. The van der Waals surface area contributed by atoms with E-state index in [4.69, 9.17) is 29.3 Å². The molecular weight excluding hydrogens is 603 g/mol. The molecule has 230 valence electrons. The number of benzene rings is 6. The number of fused-ring (bicyclic) bond motifs is 3. The van der Waals surface area contributed by atoms with Crippen LogP contribution >= 0.6 is 0 Å². The zero-order valence-corrected chi connectivity index (χ0v) is 26.2. The molecule has 0 N–H and O–H groups in total. The van der Waals surface area contributed by atoms with Crippen LogP contribution in [0.3, 0.4) is 0 Å². The Hall–Kier alpha value is -6.79. The summed E-state index contributed by atoms with van der Waals surface area (Å²) >= 11 is 0. The van der Waals surface area contributed by atoms with Crippen LogP contribution in [-0.4, -0.2) is 24.9 Å². The third-order valence-corrected chi connectivity index (χ3v) is 8.55. The SMILES string of the molecule is c1ccc(-c2cc(-c3cccc(-c4nc(-c5ccccc5)nc(-c5ccc6c(c5)oc5ccccc56)n4)c3)nc(-c3ccccc3)n2)cc1. The van der Waals surface area contributed by atoms with Crippen LogP contribution in [0.1, 0.15) is 0 Å². The molecule has 6 nitrogen and oxygen atoms in total. The van der Waals surface area contributed by atoms with Crippen molar-refractivity contribution in [3.05, 3.63) is 164 Å². The molecule has 0 radical (unpaired) electrons. The van der Waals surface area contributed by atoms with Crippen molar-refractivity contribution in [1.82, 2.24) is 24.9 Å². The van der Waals surface area contributed by atoms with Gasteiger partial charge < -0.3 is 4.42 Å². The molecule has 0 aliphatic carbocycles. The second-order valence-electron chi connectivity index (χ2n) is 11.8. The van der Waals surface area contributed by atoms with Gasteiger partial charge in [-0.2, -0.15) is 0 Å². The van der Waals surface area contributed by atoms with Crippen molar-refractivity contribution in [2.45, 2.75) is 0 Å². The minimum Gasteiger partial charge on any atom is -0.456 e. The van der Waals surface area contributed by atoms with E-state index < -0.39 is 0 Å². The van der Waals surface area contributed by atoms with E-state index >= 15 is 0 Å². The molecule has 0 fully saturated rings. The predicted molar refractivity (Wildman–Crippen MR) is 195 cm³/mol. The van der Waals surface area contributed by atoms with E-state index in [9.17, 15) is 0 Å². The summed E-state index contributed by atoms with van der Waals surface area (Å²) in [6.45, 7) is 0. The van der Waals surface area contributed by atoms with E-state index in [1.54, 1.807) is 0 Å². The van der Waals surface area contributed by atoms with Crippen molar-refractivity contribution in [2.75, 3.05) is 0 Å². The molecule has 0 saturated heterocycles. The lowest BCUT2D eigenvalue weighted by atomic mass is 10.0. The molecule has 6 aromatic carbocycles. The molecule has 0 amide bonds. The van der Waals surface area contributed by atoms with Gasteiger partial charge in [0.2, 0.25) is 0 Å². The van der Waals surface area contributed by atoms with E-state index in [1.165, 1.54) is 0 Å². The van der Waals surface area contributed by atoms with Gasteiger partial charge in [0.1, 0.15) is 11.2 Å². The van der Waals surface area contributed by atoms with E-state index in [1.807, 2.05) is 127 Å². The summed E-state index contributed by atoms with van der Waals surface area (Å²) < 4.78 is 6.21. The molecule has 3 aromatic heterocycles. The summed E-state index contributed by atoms with van der Waals surface area (Å²) in [5, 5.41) is 2.14. The van der Waals surface area contributed by atoms with Crippen LogP contribution in [0.25, 0.3) is 90.0 Å². The Bertz CT molecular complexity index is 2540. The van der Waals surface area contributed by atoms with Gasteiger partial charge in [0.15, 0.2) is 23.3 Å². The third kappa shape index (κ3) is 5.51. The minimum absolute atomic E-state index is 0.566. The molecule has 0 bridgehead atoms.